The summed E-state index contributed by atoms with van der Waals surface area (Å²) in [5, 5.41) is 0. The highest BCUT2D eigenvalue weighted by Crippen LogP contribution is 2.42. The number of nitrogens with zero attached hydrogens (tertiary/aromatic N) is 1. The second-order valence-electron chi connectivity index (χ2n) is 6.93. The van der Waals surface area contributed by atoms with E-state index in [1.54, 1.807) is 6.07 Å². The third kappa shape index (κ3) is 3.06. The minimum atomic E-state index is -0.358. The molecule has 1 heterocycles. The van der Waals surface area contributed by atoms with Gasteiger partial charge in [0.05, 0.1) is 16.9 Å². The standard InChI is InChI=1S/C17H27FN2O/c1-6-20(14-10-8-7-9-13(14)18)11-12-15(19)17(4,5)21-16(12,2)3/h7-10,12,15H,6,11,19H2,1-5H3. The molecule has 0 aliphatic carbocycles. The summed E-state index contributed by atoms with van der Waals surface area (Å²) in [6.07, 6.45) is 0. The molecule has 1 aromatic rings. The molecule has 1 aromatic carbocycles. The van der Waals surface area contributed by atoms with Gasteiger partial charge in [-0.25, -0.2) is 4.39 Å². The van der Waals surface area contributed by atoms with Gasteiger partial charge in [-0.2, -0.15) is 0 Å². The predicted molar refractivity (Wildman–Crippen MR) is 85.0 cm³/mol. The van der Waals surface area contributed by atoms with Crippen molar-refractivity contribution in [3.8, 4) is 0 Å². The molecule has 0 amide bonds. The van der Waals surface area contributed by atoms with Crippen LogP contribution in [0.3, 0.4) is 0 Å². The Morgan fingerprint density at radius 3 is 2.29 bits per heavy atom. The van der Waals surface area contributed by atoms with Crippen LogP contribution in [0.1, 0.15) is 34.6 Å². The van der Waals surface area contributed by atoms with Gasteiger partial charge in [0, 0.05) is 25.0 Å². The fraction of sp³-hybridized carbons (Fsp3) is 0.647. The van der Waals surface area contributed by atoms with E-state index in [9.17, 15) is 4.39 Å². The smallest absolute Gasteiger partial charge is 0.146 e. The van der Waals surface area contributed by atoms with E-state index in [2.05, 4.69) is 13.8 Å². The molecule has 3 nitrogen and oxygen atoms in total. The first-order valence-electron chi connectivity index (χ1n) is 7.64. The minimum Gasteiger partial charge on any atom is -0.369 e. The van der Waals surface area contributed by atoms with Crippen LogP contribution >= 0.6 is 0 Å². The van der Waals surface area contributed by atoms with Gasteiger partial charge in [-0.05, 0) is 46.8 Å². The van der Waals surface area contributed by atoms with Crippen LogP contribution in [0, 0.1) is 11.7 Å². The Morgan fingerprint density at radius 2 is 1.81 bits per heavy atom. The number of anilines is 1. The molecule has 1 aliphatic rings. The van der Waals surface area contributed by atoms with Crippen molar-refractivity contribution < 1.29 is 9.13 Å². The number of hydrogen-bond acceptors (Lipinski definition) is 3. The van der Waals surface area contributed by atoms with E-state index in [4.69, 9.17) is 10.5 Å². The van der Waals surface area contributed by atoms with Gasteiger partial charge in [0.25, 0.3) is 0 Å². The number of para-hydroxylation sites is 1. The van der Waals surface area contributed by atoms with Gasteiger partial charge in [0.2, 0.25) is 0 Å². The SMILES string of the molecule is CCN(CC1C(N)C(C)(C)OC1(C)C)c1ccccc1F. The average molecular weight is 294 g/mol. The van der Waals surface area contributed by atoms with Crippen LogP contribution in [0.4, 0.5) is 10.1 Å². The molecule has 4 heteroatoms. The Hall–Kier alpha value is -1.13. The highest BCUT2D eigenvalue weighted by atomic mass is 19.1. The van der Waals surface area contributed by atoms with E-state index in [0.717, 1.165) is 6.54 Å². The van der Waals surface area contributed by atoms with E-state index < -0.39 is 0 Å². The minimum absolute atomic E-state index is 0.0756. The molecule has 0 radical (unpaired) electrons. The first-order valence-corrected chi connectivity index (χ1v) is 7.64. The van der Waals surface area contributed by atoms with Gasteiger partial charge < -0.3 is 15.4 Å². The molecular weight excluding hydrogens is 267 g/mol. The summed E-state index contributed by atoms with van der Waals surface area (Å²) in [5.74, 6) is -0.0454. The molecule has 0 spiro atoms. The van der Waals surface area contributed by atoms with Crippen LogP contribution in [0.2, 0.25) is 0 Å². The summed E-state index contributed by atoms with van der Waals surface area (Å²) < 4.78 is 20.2. The number of benzene rings is 1. The maximum Gasteiger partial charge on any atom is 0.146 e. The zero-order chi connectivity index (χ0) is 15.8. The molecule has 0 bridgehead atoms. The summed E-state index contributed by atoms with van der Waals surface area (Å²) in [6, 6.07) is 6.82. The van der Waals surface area contributed by atoms with Crippen molar-refractivity contribution in [3.63, 3.8) is 0 Å². The summed E-state index contributed by atoms with van der Waals surface area (Å²) in [5.41, 5.74) is 6.36. The van der Waals surface area contributed by atoms with Crippen molar-refractivity contribution >= 4 is 5.69 Å². The second-order valence-corrected chi connectivity index (χ2v) is 6.93. The molecule has 21 heavy (non-hydrogen) atoms. The summed E-state index contributed by atoms with van der Waals surface area (Å²) in [7, 11) is 0. The largest absolute Gasteiger partial charge is 0.369 e. The molecule has 1 aliphatic heterocycles. The number of nitrogens with two attached hydrogens (primary N) is 1. The molecule has 2 atom stereocenters. The summed E-state index contributed by atoms with van der Waals surface area (Å²) in [6.45, 7) is 11.7. The zero-order valence-electron chi connectivity index (χ0n) is 13.7. The van der Waals surface area contributed by atoms with E-state index in [1.807, 2.05) is 37.8 Å². The van der Waals surface area contributed by atoms with Crippen molar-refractivity contribution in [2.45, 2.75) is 51.9 Å². The molecule has 0 saturated carbocycles. The van der Waals surface area contributed by atoms with Crippen LogP contribution in [0.5, 0.6) is 0 Å². The van der Waals surface area contributed by atoms with Crippen LogP contribution in [-0.2, 0) is 4.74 Å². The molecule has 1 fully saturated rings. The molecular formula is C17H27FN2O. The first kappa shape index (κ1) is 16.2. The van der Waals surface area contributed by atoms with Gasteiger partial charge in [-0.1, -0.05) is 12.1 Å². The molecule has 0 aromatic heterocycles. The lowest BCUT2D eigenvalue weighted by Crippen LogP contribution is -2.48. The average Bonchev–Trinajstić information content (AvgIpc) is 2.54. The fourth-order valence-corrected chi connectivity index (χ4v) is 3.42. The van der Waals surface area contributed by atoms with Crippen LogP contribution < -0.4 is 10.6 Å². The lowest BCUT2D eigenvalue weighted by molar-refractivity contribution is -0.0757. The summed E-state index contributed by atoms with van der Waals surface area (Å²) >= 11 is 0. The number of halogens is 1. The quantitative estimate of drug-likeness (QED) is 0.927. The molecule has 2 unspecified atom stereocenters. The second kappa shape index (κ2) is 5.58. The Morgan fingerprint density at radius 1 is 1.19 bits per heavy atom. The molecule has 1 saturated heterocycles. The third-order valence-electron chi connectivity index (χ3n) is 4.65. The van der Waals surface area contributed by atoms with Gasteiger partial charge >= 0.3 is 0 Å². The number of ether oxygens (including phenoxy) is 1. The normalized spacial score (nSPS) is 26.8. The van der Waals surface area contributed by atoms with Gasteiger partial charge in [0.15, 0.2) is 0 Å². The molecule has 2 rings (SSSR count). The van der Waals surface area contributed by atoms with E-state index in [-0.39, 0.29) is 29.0 Å². The van der Waals surface area contributed by atoms with E-state index in [0.29, 0.717) is 12.2 Å². The monoisotopic (exact) mass is 294 g/mol. The topological polar surface area (TPSA) is 38.5 Å². The first-order chi connectivity index (χ1) is 9.69. The Kier molecular flexibility index (Phi) is 4.31. The Labute approximate surface area is 127 Å². The van der Waals surface area contributed by atoms with E-state index in [1.165, 1.54) is 6.07 Å². The number of hydrogen-bond donors (Lipinski definition) is 1. The lowest BCUT2D eigenvalue weighted by atomic mass is 9.82. The highest BCUT2D eigenvalue weighted by Gasteiger charge is 2.52. The van der Waals surface area contributed by atoms with Gasteiger partial charge in [0.1, 0.15) is 5.82 Å². The van der Waals surface area contributed by atoms with Crippen LogP contribution in [-0.4, -0.2) is 30.3 Å². The Bertz CT molecular complexity index is 501. The maximum atomic E-state index is 14.0. The third-order valence-corrected chi connectivity index (χ3v) is 4.65. The Balaban J connectivity index is 2.25. The predicted octanol–water partition coefficient (Wildman–Crippen LogP) is 3.18. The fourth-order valence-electron chi connectivity index (χ4n) is 3.42. The van der Waals surface area contributed by atoms with Gasteiger partial charge in [-0.3, -0.25) is 0 Å². The van der Waals surface area contributed by atoms with Crippen LogP contribution in [0.15, 0.2) is 24.3 Å². The van der Waals surface area contributed by atoms with Crippen molar-refractivity contribution in [3.05, 3.63) is 30.1 Å². The van der Waals surface area contributed by atoms with Gasteiger partial charge in [-0.15, -0.1) is 0 Å². The molecule has 118 valence electrons. The van der Waals surface area contributed by atoms with E-state index >= 15 is 0 Å². The lowest BCUT2D eigenvalue weighted by Gasteiger charge is -2.34. The molecule has 2 N–H and O–H groups in total. The number of rotatable bonds is 4. The summed E-state index contributed by atoms with van der Waals surface area (Å²) in [4.78, 5) is 2.05. The van der Waals surface area contributed by atoms with Crippen molar-refractivity contribution in [1.82, 2.24) is 0 Å². The van der Waals surface area contributed by atoms with Crippen molar-refractivity contribution in [2.24, 2.45) is 11.7 Å². The zero-order valence-corrected chi connectivity index (χ0v) is 13.7. The van der Waals surface area contributed by atoms with Crippen molar-refractivity contribution in [2.75, 3.05) is 18.0 Å². The van der Waals surface area contributed by atoms with Crippen LogP contribution in [0.25, 0.3) is 0 Å². The van der Waals surface area contributed by atoms with Crippen molar-refractivity contribution in [1.29, 1.82) is 0 Å². The highest BCUT2D eigenvalue weighted by molar-refractivity contribution is 5.47. The maximum absolute atomic E-state index is 14.0.